The maximum atomic E-state index is 11.1. The van der Waals surface area contributed by atoms with E-state index in [1.54, 1.807) is 6.20 Å². The van der Waals surface area contributed by atoms with Crippen LogP contribution in [0.5, 0.6) is 11.5 Å². The summed E-state index contributed by atoms with van der Waals surface area (Å²) in [4.78, 5) is 15.3. The molecular formula is C17H19NO3. The summed E-state index contributed by atoms with van der Waals surface area (Å²) in [6.07, 6.45) is 2.79. The van der Waals surface area contributed by atoms with Crippen LogP contribution < -0.4 is 4.74 Å². The maximum Gasteiger partial charge on any atom is 0.305 e. The molecule has 0 bridgehead atoms. The summed E-state index contributed by atoms with van der Waals surface area (Å²) in [5.41, 5.74) is 3.07. The highest BCUT2D eigenvalue weighted by Crippen LogP contribution is 2.26. The molecule has 0 radical (unpaired) electrons. The van der Waals surface area contributed by atoms with Gasteiger partial charge in [0.1, 0.15) is 11.5 Å². The van der Waals surface area contributed by atoms with Crippen LogP contribution in [0.2, 0.25) is 0 Å². The normalized spacial score (nSPS) is 10.2. The van der Waals surface area contributed by atoms with Crippen molar-refractivity contribution in [2.24, 2.45) is 0 Å². The van der Waals surface area contributed by atoms with E-state index in [0.717, 1.165) is 28.3 Å². The highest BCUT2D eigenvalue weighted by Gasteiger charge is 2.05. The van der Waals surface area contributed by atoms with Crippen molar-refractivity contribution in [2.75, 3.05) is 7.11 Å². The lowest BCUT2D eigenvalue weighted by Gasteiger charge is -2.10. The van der Waals surface area contributed by atoms with Crippen molar-refractivity contribution in [2.45, 2.75) is 26.7 Å². The molecule has 2 aromatic rings. The Morgan fingerprint density at radius 3 is 2.52 bits per heavy atom. The summed E-state index contributed by atoms with van der Waals surface area (Å²) in [6, 6.07) is 9.58. The standard InChI is InChI=1S/C17H19NO3/c1-12-13(2)18-11-10-16(12)21-15-7-4-14(5-8-15)6-9-17(19)20-3/h4-5,7-8,10-11H,6,9H2,1-3H3. The van der Waals surface area contributed by atoms with Crippen LogP contribution in [0.3, 0.4) is 0 Å². The Morgan fingerprint density at radius 1 is 1.14 bits per heavy atom. The third-order valence-electron chi connectivity index (χ3n) is 3.40. The number of rotatable bonds is 5. The first-order valence-corrected chi connectivity index (χ1v) is 6.86. The minimum Gasteiger partial charge on any atom is -0.469 e. The number of carbonyl (C=O) groups is 1. The van der Waals surface area contributed by atoms with Gasteiger partial charge in [-0.25, -0.2) is 0 Å². The van der Waals surface area contributed by atoms with E-state index in [-0.39, 0.29) is 5.97 Å². The number of hydrogen-bond acceptors (Lipinski definition) is 4. The van der Waals surface area contributed by atoms with Gasteiger partial charge in [-0.3, -0.25) is 9.78 Å². The van der Waals surface area contributed by atoms with Crippen LogP contribution in [0.1, 0.15) is 23.2 Å². The fourth-order valence-electron chi connectivity index (χ4n) is 1.93. The molecule has 0 N–H and O–H groups in total. The number of aryl methyl sites for hydroxylation is 2. The van der Waals surface area contributed by atoms with Crippen molar-refractivity contribution in [1.29, 1.82) is 0 Å². The summed E-state index contributed by atoms with van der Waals surface area (Å²) in [5.74, 6) is 1.38. The molecule has 2 rings (SSSR count). The largest absolute Gasteiger partial charge is 0.469 e. The van der Waals surface area contributed by atoms with Crippen LogP contribution >= 0.6 is 0 Å². The molecule has 21 heavy (non-hydrogen) atoms. The van der Waals surface area contributed by atoms with Gasteiger partial charge in [0.15, 0.2) is 0 Å². The van der Waals surface area contributed by atoms with Gasteiger partial charge in [0.2, 0.25) is 0 Å². The molecule has 0 aliphatic carbocycles. The molecule has 4 heteroatoms. The number of carbonyl (C=O) groups excluding carboxylic acids is 1. The molecule has 0 unspecified atom stereocenters. The predicted octanol–water partition coefficient (Wildman–Crippen LogP) is 3.60. The Hall–Kier alpha value is -2.36. The topological polar surface area (TPSA) is 48.4 Å². The monoisotopic (exact) mass is 285 g/mol. The number of ether oxygens (including phenoxy) is 2. The minimum atomic E-state index is -0.196. The molecule has 0 amide bonds. The van der Waals surface area contributed by atoms with Crippen LogP contribution in [0.25, 0.3) is 0 Å². The molecule has 4 nitrogen and oxygen atoms in total. The molecule has 0 saturated carbocycles. The van der Waals surface area contributed by atoms with Gasteiger partial charge in [-0.2, -0.15) is 0 Å². The lowest BCUT2D eigenvalue weighted by molar-refractivity contribution is -0.140. The van der Waals surface area contributed by atoms with Gasteiger partial charge in [0.25, 0.3) is 0 Å². The molecule has 1 aromatic carbocycles. The molecular weight excluding hydrogens is 266 g/mol. The fraction of sp³-hybridized carbons (Fsp3) is 0.294. The summed E-state index contributed by atoms with van der Waals surface area (Å²) >= 11 is 0. The van der Waals surface area contributed by atoms with Gasteiger partial charge >= 0.3 is 5.97 Å². The molecule has 0 atom stereocenters. The van der Waals surface area contributed by atoms with Crippen molar-refractivity contribution in [3.63, 3.8) is 0 Å². The number of benzene rings is 1. The third kappa shape index (κ3) is 4.05. The Bertz CT molecular complexity index is 620. The van der Waals surface area contributed by atoms with E-state index in [1.165, 1.54) is 7.11 Å². The van der Waals surface area contributed by atoms with Gasteiger partial charge in [-0.05, 0) is 44.0 Å². The van der Waals surface area contributed by atoms with Gasteiger partial charge in [-0.1, -0.05) is 12.1 Å². The average molecular weight is 285 g/mol. The van der Waals surface area contributed by atoms with Gasteiger partial charge in [-0.15, -0.1) is 0 Å². The second kappa shape index (κ2) is 6.88. The van der Waals surface area contributed by atoms with E-state index in [4.69, 9.17) is 4.74 Å². The number of esters is 1. The SMILES string of the molecule is COC(=O)CCc1ccc(Oc2ccnc(C)c2C)cc1. The second-order valence-electron chi connectivity index (χ2n) is 4.84. The zero-order valence-corrected chi connectivity index (χ0v) is 12.6. The van der Waals surface area contributed by atoms with Gasteiger partial charge < -0.3 is 9.47 Å². The number of aromatic nitrogens is 1. The minimum absolute atomic E-state index is 0.196. The molecule has 0 spiro atoms. The van der Waals surface area contributed by atoms with Crippen LogP contribution in [0, 0.1) is 13.8 Å². The summed E-state index contributed by atoms with van der Waals surface area (Å²) in [6.45, 7) is 3.94. The Balaban J connectivity index is 2.02. The zero-order chi connectivity index (χ0) is 15.2. The number of methoxy groups -OCH3 is 1. The fourth-order valence-corrected chi connectivity index (χ4v) is 1.93. The molecule has 0 saturated heterocycles. The Morgan fingerprint density at radius 2 is 1.86 bits per heavy atom. The maximum absolute atomic E-state index is 11.1. The molecule has 0 aliphatic rings. The first-order chi connectivity index (χ1) is 10.1. The van der Waals surface area contributed by atoms with Crippen LogP contribution in [0.4, 0.5) is 0 Å². The second-order valence-corrected chi connectivity index (χ2v) is 4.84. The summed E-state index contributed by atoms with van der Waals surface area (Å²) in [7, 11) is 1.40. The average Bonchev–Trinajstić information content (AvgIpc) is 2.51. The van der Waals surface area contributed by atoms with Crippen LogP contribution in [-0.2, 0) is 16.0 Å². The number of nitrogens with zero attached hydrogens (tertiary/aromatic N) is 1. The van der Waals surface area contributed by atoms with Crippen molar-refractivity contribution in [1.82, 2.24) is 4.98 Å². The van der Waals surface area contributed by atoms with Crippen LogP contribution in [0.15, 0.2) is 36.5 Å². The first kappa shape index (κ1) is 15.0. The van der Waals surface area contributed by atoms with E-state index < -0.39 is 0 Å². The van der Waals surface area contributed by atoms with Crippen molar-refractivity contribution < 1.29 is 14.3 Å². The molecule has 110 valence electrons. The highest BCUT2D eigenvalue weighted by molar-refractivity contribution is 5.69. The first-order valence-electron chi connectivity index (χ1n) is 6.86. The smallest absolute Gasteiger partial charge is 0.305 e. The van der Waals surface area contributed by atoms with Crippen molar-refractivity contribution >= 4 is 5.97 Å². The Labute approximate surface area is 124 Å². The van der Waals surface area contributed by atoms with E-state index in [0.29, 0.717) is 12.8 Å². The van der Waals surface area contributed by atoms with E-state index >= 15 is 0 Å². The summed E-state index contributed by atoms with van der Waals surface area (Å²) in [5, 5.41) is 0. The van der Waals surface area contributed by atoms with Gasteiger partial charge in [0.05, 0.1) is 7.11 Å². The highest BCUT2D eigenvalue weighted by atomic mass is 16.5. The molecule has 1 heterocycles. The van der Waals surface area contributed by atoms with E-state index in [2.05, 4.69) is 9.72 Å². The number of hydrogen-bond donors (Lipinski definition) is 0. The molecule has 0 aliphatic heterocycles. The van der Waals surface area contributed by atoms with Crippen LogP contribution in [-0.4, -0.2) is 18.1 Å². The molecule has 1 aromatic heterocycles. The quantitative estimate of drug-likeness (QED) is 0.788. The number of pyridine rings is 1. The predicted molar refractivity (Wildman–Crippen MR) is 80.6 cm³/mol. The van der Waals surface area contributed by atoms with E-state index in [9.17, 15) is 4.79 Å². The lowest BCUT2D eigenvalue weighted by Crippen LogP contribution is -2.01. The van der Waals surface area contributed by atoms with E-state index in [1.807, 2.05) is 44.2 Å². The summed E-state index contributed by atoms with van der Waals surface area (Å²) < 4.78 is 10.5. The lowest BCUT2D eigenvalue weighted by atomic mass is 10.1. The van der Waals surface area contributed by atoms with Gasteiger partial charge in [0, 0.05) is 23.9 Å². The third-order valence-corrected chi connectivity index (χ3v) is 3.40. The zero-order valence-electron chi connectivity index (χ0n) is 12.6. The van der Waals surface area contributed by atoms with Crippen molar-refractivity contribution in [3.8, 4) is 11.5 Å². The van der Waals surface area contributed by atoms with Crippen molar-refractivity contribution in [3.05, 3.63) is 53.3 Å². The molecule has 0 fully saturated rings. The Kier molecular flexibility index (Phi) is 4.93.